The highest BCUT2D eigenvalue weighted by atomic mass is 35.5. The highest BCUT2D eigenvalue weighted by molar-refractivity contribution is 7.80. The van der Waals surface area contributed by atoms with Gasteiger partial charge in [-0.2, -0.15) is 0 Å². The molecule has 0 amide bonds. The Hall–Kier alpha value is -2.56. The van der Waals surface area contributed by atoms with Crippen molar-refractivity contribution >= 4 is 28.8 Å². The highest BCUT2D eigenvalue weighted by Crippen LogP contribution is 2.17. The molecule has 0 bridgehead atoms. The van der Waals surface area contributed by atoms with E-state index in [1.54, 1.807) is 7.11 Å². The summed E-state index contributed by atoms with van der Waals surface area (Å²) in [5, 5.41) is 3.99. The van der Waals surface area contributed by atoms with Gasteiger partial charge in [0, 0.05) is 17.1 Å². The maximum absolute atomic E-state index is 5.89. The molecule has 0 aliphatic rings. The van der Waals surface area contributed by atoms with E-state index in [0.29, 0.717) is 18.1 Å². The minimum absolute atomic E-state index is 0.495. The standard InChI is InChI=1S/C22H20ClNO2S/c1-25-21-4-2-3-17(13-21)14-24-22(27)18-7-11-20(12-8-18)26-15-16-5-9-19(23)10-6-16/h2-13H,14-15H2,1H3,(H,24,27). The third kappa shape index (κ3) is 5.71. The van der Waals surface area contributed by atoms with Gasteiger partial charge in [0.25, 0.3) is 0 Å². The number of benzene rings is 3. The topological polar surface area (TPSA) is 30.5 Å². The fourth-order valence-corrected chi connectivity index (χ4v) is 2.85. The third-order valence-electron chi connectivity index (χ3n) is 4.02. The lowest BCUT2D eigenvalue weighted by atomic mass is 10.2. The molecule has 3 nitrogen and oxygen atoms in total. The van der Waals surface area contributed by atoms with Crippen molar-refractivity contribution < 1.29 is 9.47 Å². The fraction of sp³-hybridized carbons (Fsp3) is 0.136. The van der Waals surface area contributed by atoms with Gasteiger partial charge in [-0.05, 0) is 59.7 Å². The SMILES string of the molecule is COc1cccc(CNC(=S)c2ccc(OCc3ccc(Cl)cc3)cc2)c1. The van der Waals surface area contributed by atoms with E-state index in [2.05, 4.69) is 5.32 Å². The smallest absolute Gasteiger partial charge is 0.119 e. The Bertz CT molecular complexity index is 895. The van der Waals surface area contributed by atoms with E-state index in [1.807, 2.05) is 72.8 Å². The van der Waals surface area contributed by atoms with Crippen molar-refractivity contribution in [2.75, 3.05) is 7.11 Å². The van der Waals surface area contributed by atoms with Gasteiger partial charge in [0.15, 0.2) is 0 Å². The fourth-order valence-electron chi connectivity index (χ4n) is 2.52. The lowest BCUT2D eigenvalue weighted by molar-refractivity contribution is 0.306. The Kier molecular flexibility index (Phi) is 6.69. The molecular weight excluding hydrogens is 378 g/mol. The minimum atomic E-state index is 0.495. The molecule has 0 aliphatic carbocycles. The first-order valence-corrected chi connectivity index (χ1v) is 9.31. The van der Waals surface area contributed by atoms with E-state index in [0.717, 1.165) is 33.2 Å². The van der Waals surface area contributed by atoms with Crippen molar-refractivity contribution in [3.8, 4) is 11.5 Å². The molecule has 3 aromatic rings. The van der Waals surface area contributed by atoms with E-state index in [1.165, 1.54) is 0 Å². The van der Waals surface area contributed by atoms with Gasteiger partial charge in [-0.3, -0.25) is 0 Å². The lowest BCUT2D eigenvalue weighted by Crippen LogP contribution is -2.21. The zero-order valence-electron chi connectivity index (χ0n) is 14.9. The molecule has 0 spiro atoms. The van der Waals surface area contributed by atoms with Crippen LogP contribution in [0.5, 0.6) is 11.5 Å². The first-order chi connectivity index (χ1) is 13.1. The summed E-state index contributed by atoms with van der Waals surface area (Å²) in [4.78, 5) is 0.696. The molecule has 27 heavy (non-hydrogen) atoms. The van der Waals surface area contributed by atoms with Gasteiger partial charge in [0.05, 0.1) is 7.11 Å². The molecule has 5 heteroatoms. The van der Waals surface area contributed by atoms with E-state index in [4.69, 9.17) is 33.3 Å². The molecule has 0 aliphatic heterocycles. The zero-order valence-corrected chi connectivity index (χ0v) is 16.5. The monoisotopic (exact) mass is 397 g/mol. The van der Waals surface area contributed by atoms with Crippen LogP contribution in [0.15, 0.2) is 72.8 Å². The van der Waals surface area contributed by atoms with Crippen LogP contribution < -0.4 is 14.8 Å². The number of ether oxygens (including phenoxy) is 2. The second-order valence-corrected chi connectivity index (χ2v) is 6.82. The van der Waals surface area contributed by atoms with Gasteiger partial charge in [0.2, 0.25) is 0 Å². The number of methoxy groups -OCH3 is 1. The summed E-state index contributed by atoms with van der Waals surface area (Å²) in [7, 11) is 1.66. The second-order valence-electron chi connectivity index (χ2n) is 5.97. The summed E-state index contributed by atoms with van der Waals surface area (Å²) in [5.41, 5.74) is 3.13. The first-order valence-electron chi connectivity index (χ1n) is 8.52. The quantitative estimate of drug-likeness (QED) is 0.541. The van der Waals surface area contributed by atoms with Crippen LogP contribution in [0.4, 0.5) is 0 Å². The Labute approximate surface area is 169 Å². The van der Waals surface area contributed by atoms with Crippen LogP contribution in [0.3, 0.4) is 0 Å². The summed E-state index contributed by atoms with van der Waals surface area (Å²) < 4.78 is 11.0. The molecule has 3 aromatic carbocycles. The molecule has 0 saturated heterocycles. The van der Waals surface area contributed by atoms with Crippen molar-refractivity contribution in [2.45, 2.75) is 13.2 Å². The average molecular weight is 398 g/mol. The molecule has 0 unspecified atom stereocenters. The Morgan fingerprint density at radius 1 is 0.926 bits per heavy atom. The van der Waals surface area contributed by atoms with Gasteiger partial charge >= 0.3 is 0 Å². The van der Waals surface area contributed by atoms with Crippen molar-refractivity contribution in [3.63, 3.8) is 0 Å². The molecular formula is C22H20ClNO2S. The van der Waals surface area contributed by atoms with E-state index >= 15 is 0 Å². The van der Waals surface area contributed by atoms with Crippen LogP contribution >= 0.6 is 23.8 Å². The number of hydrogen-bond donors (Lipinski definition) is 1. The molecule has 0 saturated carbocycles. The molecule has 0 aromatic heterocycles. The van der Waals surface area contributed by atoms with Gasteiger partial charge < -0.3 is 14.8 Å². The number of halogens is 1. The first kappa shape index (κ1) is 19.2. The highest BCUT2D eigenvalue weighted by Gasteiger charge is 2.03. The molecule has 3 rings (SSSR count). The summed E-state index contributed by atoms with van der Waals surface area (Å²) in [6.45, 7) is 1.14. The number of nitrogens with one attached hydrogen (secondary N) is 1. The Morgan fingerprint density at radius 3 is 2.37 bits per heavy atom. The van der Waals surface area contributed by atoms with Crippen LogP contribution in [0.25, 0.3) is 0 Å². The third-order valence-corrected chi connectivity index (χ3v) is 4.65. The van der Waals surface area contributed by atoms with Crippen molar-refractivity contribution in [1.29, 1.82) is 0 Å². The van der Waals surface area contributed by atoms with Crippen molar-refractivity contribution in [2.24, 2.45) is 0 Å². The Balaban J connectivity index is 1.52. The summed E-state index contributed by atoms with van der Waals surface area (Å²) in [6, 6.07) is 23.3. The maximum atomic E-state index is 5.89. The molecule has 0 fully saturated rings. The van der Waals surface area contributed by atoms with Crippen LogP contribution in [0.2, 0.25) is 5.02 Å². The summed E-state index contributed by atoms with van der Waals surface area (Å²) in [6.07, 6.45) is 0. The van der Waals surface area contributed by atoms with Crippen molar-refractivity contribution in [1.82, 2.24) is 5.32 Å². The number of rotatable bonds is 7. The normalized spacial score (nSPS) is 10.3. The van der Waals surface area contributed by atoms with Crippen LogP contribution in [-0.2, 0) is 13.2 Å². The van der Waals surface area contributed by atoms with Gasteiger partial charge in [-0.1, -0.05) is 48.1 Å². The maximum Gasteiger partial charge on any atom is 0.119 e. The van der Waals surface area contributed by atoms with Crippen LogP contribution in [0, 0.1) is 0 Å². The van der Waals surface area contributed by atoms with E-state index < -0.39 is 0 Å². The van der Waals surface area contributed by atoms with E-state index in [9.17, 15) is 0 Å². The number of thiocarbonyl (C=S) groups is 1. The van der Waals surface area contributed by atoms with Gasteiger partial charge in [0.1, 0.15) is 23.1 Å². The average Bonchev–Trinajstić information content (AvgIpc) is 2.72. The molecule has 1 N–H and O–H groups in total. The molecule has 0 heterocycles. The molecule has 138 valence electrons. The lowest BCUT2D eigenvalue weighted by Gasteiger charge is -2.11. The molecule has 0 atom stereocenters. The van der Waals surface area contributed by atoms with Crippen molar-refractivity contribution in [3.05, 3.63) is 94.5 Å². The summed E-state index contributed by atoms with van der Waals surface area (Å²) >= 11 is 11.4. The predicted molar refractivity (Wildman–Crippen MR) is 114 cm³/mol. The number of hydrogen-bond acceptors (Lipinski definition) is 3. The van der Waals surface area contributed by atoms with Crippen LogP contribution in [-0.4, -0.2) is 12.1 Å². The van der Waals surface area contributed by atoms with Crippen LogP contribution in [0.1, 0.15) is 16.7 Å². The van der Waals surface area contributed by atoms with Gasteiger partial charge in [-0.25, -0.2) is 0 Å². The van der Waals surface area contributed by atoms with Gasteiger partial charge in [-0.15, -0.1) is 0 Å². The largest absolute Gasteiger partial charge is 0.497 e. The Morgan fingerprint density at radius 2 is 1.67 bits per heavy atom. The zero-order chi connectivity index (χ0) is 19.1. The predicted octanol–water partition coefficient (Wildman–Crippen LogP) is 5.39. The summed E-state index contributed by atoms with van der Waals surface area (Å²) in [5.74, 6) is 1.63. The molecule has 0 radical (unpaired) electrons. The second kappa shape index (κ2) is 9.40. The minimum Gasteiger partial charge on any atom is -0.497 e. The van der Waals surface area contributed by atoms with E-state index in [-0.39, 0.29) is 0 Å².